The number of rotatable bonds is 63. The summed E-state index contributed by atoms with van der Waals surface area (Å²) < 4.78 is 10.7. The van der Waals surface area contributed by atoms with E-state index < -0.39 is 6.10 Å². The molecule has 0 bridgehead atoms. The van der Waals surface area contributed by atoms with Crippen LogP contribution in [0, 0.1) is 0 Å². The van der Waals surface area contributed by atoms with Crippen LogP contribution in [0.25, 0.3) is 0 Å². The summed E-state index contributed by atoms with van der Waals surface area (Å²) in [4.78, 5) is 24.7. The Bertz CT molecular complexity index is 1920. The second-order valence-corrected chi connectivity index (χ2v) is 22.8. The average Bonchev–Trinajstić information content (AvgIpc) is 3.55. The van der Waals surface area contributed by atoms with Gasteiger partial charge in [0, 0.05) is 12.8 Å². The molecule has 0 rings (SSSR count). The van der Waals surface area contributed by atoms with Crippen molar-refractivity contribution in [3.05, 3.63) is 182 Å². The van der Waals surface area contributed by atoms with E-state index in [-0.39, 0.29) is 25.2 Å². The van der Waals surface area contributed by atoms with E-state index in [4.69, 9.17) is 9.47 Å². The van der Waals surface area contributed by atoms with Crippen LogP contribution in [-0.2, 0) is 19.1 Å². The largest absolute Gasteiger partial charge is 0.462 e. The van der Waals surface area contributed by atoms with Crippen molar-refractivity contribution >= 4 is 11.9 Å². The van der Waals surface area contributed by atoms with E-state index in [1.807, 2.05) is 0 Å². The van der Waals surface area contributed by atoms with Crippen LogP contribution in [0.5, 0.6) is 0 Å². The first-order valence-electron chi connectivity index (χ1n) is 35.3. The highest BCUT2D eigenvalue weighted by atomic mass is 16.6. The van der Waals surface area contributed by atoms with Crippen LogP contribution in [0.1, 0.15) is 296 Å². The summed E-state index contributed by atoms with van der Waals surface area (Å²) in [6, 6.07) is 0. The van der Waals surface area contributed by atoms with E-state index in [1.54, 1.807) is 0 Å². The molecule has 1 N–H and O–H groups in total. The molecule has 0 aromatic rings. The standard InChI is InChI=1S/C81H130O5/c1-3-5-7-9-11-13-15-17-19-21-23-25-27-29-31-33-35-37-39-40-42-43-45-47-49-51-53-55-57-59-61-63-65-67-69-71-73-75-80(83)85-78-79(77-82)86-81(84)76-74-72-70-68-66-64-62-60-58-56-54-52-50-48-46-44-41-38-36-34-32-30-28-26-24-22-20-18-16-14-12-10-8-6-4-2/h5-8,11-14,17-20,23-26,29-32,36,38,44,46,50,52,56,58,62,64,79,82H,3-4,9-10,15-16,21-22,27-28,33-35,37,39-43,45,47-49,51,53-55,57,59-61,63,65-78H2,1-2H3/b7-5-,8-6-,13-11-,14-12-,19-17-,20-18-,25-23-,26-24-,31-29-,32-30-,38-36-,46-44-,52-50-,58-56-,64-62-. The molecular formula is C81H130O5. The molecule has 0 saturated carbocycles. The molecule has 484 valence electrons. The number of aliphatic hydroxyl groups is 1. The Hall–Kier alpha value is -5.00. The fourth-order valence-electron chi connectivity index (χ4n) is 9.49. The molecule has 1 unspecified atom stereocenters. The number of unbranched alkanes of at least 4 members (excludes halogenated alkanes) is 25. The SMILES string of the molecule is CC/C=C\C/C=C\C/C=C\C/C=C\C/C=C\C/C=C\C/C=C\C/C=C\C/C=C\C/C=C\CCCCCCC(=O)OC(CO)COC(=O)CCCCCCCCCCCCCCCCCCCCCCC/C=C\C/C=C\C/C=C\C/C=C\C/C=C\CC. The van der Waals surface area contributed by atoms with Crippen LogP contribution >= 0.6 is 0 Å². The molecule has 0 aromatic heterocycles. The van der Waals surface area contributed by atoms with Gasteiger partial charge in [0.25, 0.3) is 0 Å². The minimum Gasteiger partial charge on any atom is -0.462 e. The van der Waals surface area contributed by atoms with E-state index in [9.17, 15) is 14.7 Å². The molecule has 0 saturated heterocycles. The van der Waals surface area contributed by atoms with Crippen molar-refractivity contribution < 1.29 is 24.2 Å². The normalized spacial score (nSPS) is 13.4. The highest BCUT2D eigenvalue weighted by molar-refractivity contribution is 5.70. The first-order valence-corrected chi connectivity index (χ1v) is 35.3. The third-order valence-electron chi connectivity index (χ3n) is 14.7. The first kappa shape index (κ1) is 81.0. The van der Waals surface area contributed by atoms with Gasteiger partial charge in [-0.1, -0.05) is 331 Å². The molecule has 0 aliphatic rings. The predicted octanol–water partition coefficient (Wildman–Crippen LogP) is 25.0. The van der Waals surface area contributed by atoms with Gasteiger partial charge in [-0.15, -0.1) is 0 Å². The molecule has 1 atom stereocenters. The molecule has 5 heteroatoms. The molecule has 0 amide bonds. The molecule has 0 aromatic carbocycles. The molecule has 5 nitrogen and oxygen atoms in total. The maximum atomic E-state index is 12.4. The maximum absolute atomic E-state index is 12.4. The number of esters is 2. The zero-order valence-electron chi connectivity index (χ0n) is 55.5. The van der Waals surface area contributed by atoms with Crippen molar-refractivity contribution in [2.75, 3.05) is 13.2 Å². The number of carbonyl (C=O) groups excluding carboxylic acids is 2. The fraction of sp³-hybridized carbons (Fsp3) is 0.605. The van der Waals surface area contributed by atoms with Crippen LogP contribution in [0.3, 0.4) is 0 Å². The molecule has 0 spiro atoms. The Balaban J connectivity index is 3.56. The van der Waals surface area contributed by atoms with Gasteiger partial charge in [0.2, 0.25) is 0 Å². The number of ether oxygens (including phenoxy) is 2. The summed E-state index contributed by atoms with van der Waals surface area (Å²) in [5, 5.41) is 9.70. The lowest BCUT2D eigenvalue weighted by molar-refractivity contribution is -0.161. The summed E-state index contributed by atoms with van der Waals surface area (Å²) >= 11 is 0. The van der Waals surface area contributed by atoms with E-state index in [0.29, 0.717) is 12.8 Å². The smallest absolute Gasteiger partial charge is 0.306 e. The number of hydrogen-bond donors (Lipinski definition) is 1. The third kappa shape index (κ3) is 71.5. The lowest BCUT2D eigenvalue weighted by Crippen LogP contribution is -2.28. The highest BCUT2D eigenvalue weighted by Gasteiger charge is 2.16. The summed E-state index contributed by atoms with van der Waals surface area (Å²) in [6.07, 6.45) is 116. The average molecular weight is 1180 g/mol. The summed E-state index contributed by atoms with van der Waals surface area (Å²) in [6.45, 7) is 3.90. The summed E-state index contributed by atoms with van der Waals surface area (Å²) in [7, 11) is 0. The number of carbonyl (C=O) groups is 2. The predicted molar refractivity (Wildman–Crippen MR) is 380 cm³/mol. The molecule has 0 fully saturated rings. The molecular weight excluding hydrogens is 1050 g/mol. The van der Waals surface area contributed by atoms with Gasteiger partial charge in [-0.2, -0.15) is 0 Å². The van der Waals surface area contributed by atoms with Crippen molar-refractivity contribution in [1.82, 2.24) is 0 Å². The van der Waals surface area contributed by atoms with E-state index in [2.05, 4.69) is 196 Å². The van der Waals surface area contributed by atoms with Gasteiger partial charge >= 0.3 is 11.9 Å². The van der Waals surface area contributed by atoms with Crippen LogP contribution in [0.4, 0.5) is 0 Å². The number of allylic oxidation sites excluding steroid dienone is 30. The van der Waals surface area contributed by atoms with Gasteiger partial charge in [-0.3, -0.25) is 9.59 Å². The van der Waals surface area contributed by atoms with E-state index >= 15 is 0 Å². The molecule has 86 heavy (non-hydrogen) atoms. The lowest BCUT2D eigenvalue weighted by atomic mass is 10.0. The van der Waals surface area contributed by atoms with E-state index in [0.717, 1.165) is 148 Å². The van der Waals surface area contributed by atoms with Crippen molar-refractivity contribution in [3.8, 4) is 0 Å². The van der Waals surface area contributed by atoms with Gasteiger partial charge in [-0.25, -0.2) is 0 Å². The Morgan fingerprint density at radius 2 is 0.465 bits per heavy atom. The van der Waals surface area contributed by atoms with E-state index in [1.165, 1.54) is 122 Å². The molecule has 0 aliphatic carbocycles. The number of aliphatic hydroxyl groups excluding tert-OH is 1. The van der Waals surface area contributed by atoms with Gasteiger partial charge in [0.1, 0.15) is 6.61 Å². The zero-order valence-corrected chi connectivity index (χ0v) is 55.5. The van der Waals surface area contributed by atoms with Crippen molar-refractivity contribution in [2.24, 2.45) is 0 Å². The third-order valence-corrected chi connectivity index (χ3v) is 14.7. The summed E-state index contributed by atoms with van der Waals surface area (Å²) in [5.74, 6) is -0.622. The highest BCUT2D eigenvalue weighted by Crippen LogP contribution is 2.17. The van der Waals surface area contributed by atoms with Crippen LogP contribution in [-0.4, -0.2) is 36.4 Å². The second-order valence-electron chi connectivity index (χ2n) is 22.8. The topological polar surface area (TPSA) is 72.8 Å². The maximum Gasteiger partial charge on any atom is 0.306 e. The quantitative estimate of drug-likeness (QED) is 0.0373. The van der Waals surface area contributed by atoms with Crippen molar-refractivity contribution in [2.45, 2.75) is 302 Å². The monoisotopic (exact) mass is 1180 g/mol. The Labute approximate surface area is 531 Å². The van der Waals surface area contributed by atoms with Crippen LogP contribution < -0.4 is 0 Å². The van der Waals surface area contributed by atoms with Gasteiger partial charge < -0.3 is 14.6 Å². The van der Waals surface area contributed by atoms with Gasteiger partial charge in [0.05, 0.1) is 6.61 Å². The van der Waals surface area contributed by atoms with Crippen LogP contribution in [0.15, 0.2) is 182 Å². The van der Waals surface area contributed by atoms with Gasteiger partial charge in [0.15, 0.2) is 6.10 Å². The molecule has 0 aliphatic heterocycles. The zero-order chi connectivity index (χ0) is 61.9. The molecule has 0 heterocycles. The Morgan fingerprint density at radius 1 is 0.267 bits per heavy atom. The summed E-state index contributed by atoms with van der Waals surface area (Å²) in [5.41, 5.74) is 0. The second kappa shape index (κ2) is 74.3. The van der Waals surface area contributed by atoms with Crippen molar-refractivity contribution in [3.63, 3.8) is 0 Å². The lowest BCUT2D eigenvalue weighted by Gasteiger charge is -2.15. The van der Waals surface area contributed by atoms with Gasteiger partial charge in [-0.05, 0) is 135 Å². The Morgan fingerprint density at radius 3 is 0.698 bits per heavy atom. The van der Waals surface area contributed by atoms with Crippen molar-refractivity contribution in [1.29, 1.82) is 0 Å². The first-order chi connectivity index (χ1) is 42.6. The minimum atomic E-state index is -0.799. The minimum absolute atomic E-state index is 0.0846. The molecule has 0 radical (unpaired) electrons. The number of hydrogen-bond acceptors (Lipinski definition) is 5. The van der Waals surface area contributed by atoms with Crippen LogP contribution in [0.2, 0.25) is 0 Å². The fourth-order valence-corrected chi connectivity index (χ4v) is 9.49. The Kier molecular flexibility index (Phi) is 69.9.